The van der Waals surface area contributed by atoms with E-state index in [-0.39, 0.29) is 17.6 Å². The maximum atomic E-state index is 13.3. The van der Waals surface area contributed by atoms with Crippen LogP contribution in [0.1, 0.15) is 55.2 Å². The highest BCUT2D eigenvalue weighted by molar-refractivity contribution is 6.07. The first kappa shape index (κ1) is 19.4. The van der Waals surface area contributed by atoms with Crippen molar-refractivity contribution < 1.29 is 14.3 Å². The molecule has 4 heteroatoms. The number of hydrogen-bond acceptors (Lipinski definition) is 3. The minimum absolute atomic E-state index is 0.0611. The summed E-state index contributed by atoms with van der Waals surface area (Å²) >= 11 is 0. The smallest absolute Gasteiger partial charge is 0.232 e. The van der Waals surface area contributed by atoms with E-state index in [0.717, 1.165) is 52.2 Å². The number of carbonyl (C=O) groups excluding carboxylic acids is 2. The molecule has 2 aromatic rings. The fraction of sp³-hybridized carbons (Fsp3) is 0.360. The highest BCUT2D eigenvalue weighted by Gasteiger charge is 2.40. The molecular weight excluding hydrogens is 362 g/mol. The van der Waals surface area contributed by atoms with E-state index in [1.54, 1.807) is 0 Å². The third-order valence-corrected chi connectivity index (χ3v) is 5.87. The van der Waals surface area contributed by atoms with Crippen LogP contribution in [0.15, 0.2) is 53.7 Å². The lowest BCUT2D eigenvalue weighted by Crippen LogP contribution is -2.40. The van der Waals surface area contributed by atoms with Crippen LogP contribution in [-0.4, -0.2) is 18.3 Å². The Morgan fingerprint density at radius 2 is 1.79 bits per heavy atom. The number of ketones is 1. The van der Waals surface area contributed by atoms with Gasteiger partial charge in [-0.1, -0.05) is 24.3 Å². The third-order valence-electron chi connectivity index (χ3n) is 5.87. The number of allylic oxidation sites excluding steroid dienone is 2. The molecule has 150 valence electrons. The highest BCUT2D eigenvalue weighted by Crippen LogP contribution is 2.44. The number of Topliss-reactive ketones (excluding diaryl/α,β-unsaturated/α-hetero) is 1. The zero-order valence-corrected chi connectivity index (χ0v) is 17.3. The molecule has 0 spiro atoms. The summed E-state index contributed by atoms with van der Waals surface area (Å²) in [4.78, 5) is 28.1. The SMILES string of the molecule is CCOc1ccc(C2CC(=O)N(c3cc(C)ccc3C)C3=C2C(=O)CCC3)cc1. The third kappa shape index (κ3) is 3.59. The molecule has 1 amide bonds. The van der Waals surface area contributed by atoms with Gasteiger partial charge in [-0.15, -0.1) is 0 Å². The van der Waals surface area contributed by atoms with Crippen molar-refractivity contribution in [3.63, 3.8) is 0 Å². The maximum absolute atomic E-state index is 13.3. The summed E-state index contributed by atoms with van der Waals surface area (Å²) in [6.07, 6.45) is 2.42. The Bertz CT molecular complexity index is 988. The van der Waals surface area contributed by atoms with Crippen LogP contribution in [0.5, 0.6) is 5.75 Å². The number of ether oxygens (including phenoxy) is 1. The average molecular weight is 389 g/mol. The van der Waals surface area contributed by atoms with Crippen LogP contribution in [0.25, 0.3) is 0 Å². The number of rotatable bonds is 4. The molecule has 1 atom stereocenters. The Hall–Kier alpha value is -2.88. The average Bonchev–Trinajstić information content (AvgIpc) is 2.70. The predicted molar refractivity (Wildman–Crippen MR) is 114 cm³/mol. The second kappa shape index (κ2) is 7.86. The van der Waals surface area contributed by atoms with Crippen molar-refractivity contribution in [1.29, 1.82) is 0 Å². The highest BCUT2D eigenvalue weighted by atomic mass is 16.5. The van der Waals surface area contributed by atoms with Crippen LogP contribution >= 0.6 is 0 Å². The van der Waals surface area contributed by atoms with Gasteiger partial charge in [-0.3, -0.25) is 14.5 Å². The summed E-state index contributed by atoms with van der Waals surface area (Å²) in [5.41, 5.74) is 5.78. The number of benzene rings is 2. The Morgan fingerprint density at radius 1 is 1.03 bits per heavy atom. The molecule has 2 aliphatic rings. The first-order valence-corrected chi connectivity index (χ1v) is 10.4. The largest absolute Gasteiger partial charge is 0.494 e. The molecule has 4 rings (SSSR count). The predicted octanol–water partition coefficient (Wildman–Crippen LogP) is 5.23. The fourth-order valence-electron chi connectivity index (χ4n) is 4.48. The molecule has 0 saturated carbocycles. The quantitative estimate of drug-likeness (QED) is 0.719. The minimum Gasteiger partial charge on any atom is -0.494 e. The zero-order chi connectivity index (χ0) is 20.5. The zero-order valence-electron chi connectivity index (χ0n) is 17.3. The Balaban J connectivity index is 1.81. The van der Waals surface area contributed by atoms with Crippen LogP contribution in [0, 0.1) is 13.8 Å². The molecule has 0 aromatic heterocycles. The number of hydrogen-bond donors (Lipinski definition) is 0. The van der Waals surface area contributed by atoms with Crippen molar-refractivity contribution in [3.8, 4) is 5.75 Å². The number of nitrogens with zero attached hydrogens (tertiary/aromatic N) is 1. The molecule has 0 radical (unpaired) electrons. The van der Waals surface area contributed by atoms with Gasteiger partial charge in [0.2, 0.25) is 5.91 Å². The first-order valence-electron chi connectivity index (χ1n) is 10.4. The second-order valence-electron chi connectivity index (χ2n) is 7.91. The molecule has 2 aromatic carbocycles. The van der Waals surface area contributed by atoms with E-state index < -0.39 is 0 Å². The van der Waals surface area contributed by atoms with Crippen molar-refractivity contribution >= 4 is 17.4 Å². The van der Waals surface area contributed by atoms with Gasteiger partial charge in [0.05, 0.1) is 12.3 Å². The lowest BCUT2D eigenvalue weighted by Gasteiger charge is -2.39. The lowest BCUT2D eigenvalue weighted by atomic mass is 9.77. The molecule has 1 aliphatic carbocycles. The van der Waals surface area contributed by atoms with Crippen molar-refractivity contribution in [2.45, 2.75) is 52.4 Å². The summed E-state index contributed by atoms with van der Waals surface area (Å²) in [7, 11) is 0. The molecule has 1 heterocycles. The number of aryl methyl sites for hydroxylation is 2. The molecule has 0 bridgehead atoms. The molecule has 1 aliphatic heterocycles. The van der Waals surface area contributed by atoms with Gasteiger partial charge in [0, 0.05) is 30.0 Å². The van der Waals surface area contributed by atoms with Gasteiger partial charge in [0.25, 0.3) is 0 Å². The summed E-state index contributed by atoms with van der Waals surface area (Å²) < 4.78 is 5.54. The van der Waals surface area contributed by atoms with Crippen LogP contribution in [0.4, 0.5) is 5.69 Å². The fourth-order valence-corrected chi connectivity index (χ4v) is 4.48. The Morgan fingerprint density at radius 3 is 2.52 bits per heavy atom. The van der Waals surface area contributed by atoms with E-state index in [1.165, 1.54) is 0 Å². The van der Waals surface area contributed by atoms with E-state index in [4.69, 9.17) is 4.74 Å². The topological polar surface area (TPSA) is 46.6 Å². The lowest BCUT2D eigenvalue weighted by molar-refractivity contribution is -0.119. The van der Waals surface area contributed by atoms with Crippen LogP contribution in [0.2, 0.25) is 0 Å². The van der Waals surface area contributed by atoms with Crippen molar-refractivity contribution in [1.82, 2.24) is 0 Å². The van der Waals surface area contributed by atoms with E-state index >= 15 is 0 Å². The van der Waals surface area contributed by atoms with E-state index in [1.807, 2.05) is 62.1 Å². The van der Waals surface area contributed by atoms with Crippen molar-refractivity contribution in [2.75, 3.05) is 11.5 Å². The first-order chi connectivity index (χ1) is 14.0. The van der Waals surface area contributed by atoms with Gasteiger partial charge >= 0.3 is 0 Å². The number of amides is 1. The van der Waals surface area contributed by atoms with Crippen LogP contribution in [0.3, 0.4) is 0 Å². The summed E-state index contributed by atoms with van der Waals surface area (Å²) in [5.74, 6) is 0.862. The van der Waals surface area contributed by atoms with E-state index in [0.29, 0.717) is 19.4 Å². The molecule has 0 saturated heterocycles. The van der Waals surface area contributed by atoms with Gasteiger partial charge in [-0.25, -0.2) is 0 Å². The van der Waals surface area contributed by atoms with Crippen LogP contribution in [-0.2, 0) is 9.59 Å². The standard InChI is InChI=1S/C25H27NO3/c1-4-29-19-12-10-18(11-13-19)20-15-24(28)26(21-6-5-7-23(27)25(20)21)22-14-16(2)8-9-17(22)3/h8-14,20H,4-7,15H2,1-3H3. The van der Waals surface area contributed by atoms with Crippen molar-refractivity contribution in [3.05, 3.63) is 70.4 Å². The normalized spacial score (nSPS) is 19.4. The van der Waals surface area contributed by atoms with Gasteiger partial charge in [0.1, 0.15) is 5.75 Å². The summed E-state index contributed by atoms with van der Waals surface area (Å²) in [5, 5.41) is 0. The van der Waals surface area contributed by atoms with Crippen molar-refractivity contribution in [2.24, 2.45) is 0 Å². The monoisotopic (exact) mass is 389 g/mol. The molecular formula is C25H27NO3. The Labute approximate surface area is 172 Å². The second-order valence-corrected chi connectivity index (χ2v) is 7.91. The van der Waals surface area contributed by atoms with E-state index in [2.05, 4.69) is 6.07 Å². The van der Waals surface area contributed by atoms with Gasteiger partial charge < -0.3 is 4.74 Å². The molecule has 0 N–H and O–H groups in total. The number of anilines is 1. The van der Waals surface area contributed by atoms with Gasteiger partial charge in [0.15, 0.2) is 5.78 Å². The molecule has 29 heavy (non-hydrogen) atoms. The maximum Gasteiger partial charge on any atom is 0.232 e. The van der Waals surface area contributed by atoms with Crippen LogP contribution < -0.4 is 9.64 Å². The Kier molecular flexibility index (Phi) is 5.27. The summed E-state index contributed by atoms with van der Waals surface area (Å²) in [6, 6.07) is 14.0. The molecule has 0 fully saturated rings. The number of carbonyl (C=O) groups is 2. The molecule has 4 nitrogen and oxygen atoms in total. The summed E-state index contributed by atoms with van der Waals surface area (Å²) in [6.45, 7) is 6.61. The van der Waals surface area contributed by atoms with Gasteiger partial charge in [-0.05, 0) is 68.5 Å². The molecule has 1 unspecified atom stereocenters. The van der Waals surface area contributed by atoms with E-state index in [9.17, 15) is 9.59 Å². The minimum atomic E-state index is -0.178. The van der Waals surface area contributed by atoms with Gasteiger partial charge in [-0.2, -0.15) is 0 Å².